The third-order valence-electron chi connectivity index (χ3n) is 4.68. The minimum atomic E-state index is 0.0112. The first-order valence-electron chi connectivity index (χ1n) is 7.65. The molecule has 1 heterocycles. The zero-order valence-corrected chi connectivity index (χ0v) is 12.8. The molecule has 0 amide bonds. The summed E-state index contributed by atoms with van der Waals surface area (Å²) in [4.78, 5) is 2.60. The fourth-order valence-corrected chi connectivity index (χ4v) is 3.20. The number of hydrogen-bond acceptors (Lipinski definition) is 3. The number of ether oxygens (including phenoxy) is 1. The summed E-state index contributed by atoms with van der Waals surface area (Å²) in [5, 5.41) is 0. The molecule has 1 aliphatic heterocycles. The molecule has 0 saturated carbocycles. The number of hydrogen-bond donors (Lipinski definition) is 1. The van der Waals surface area contributed by atoms with Crippen molar-refractivity contribution in [1.29, 1.82) is 0 Å². The van der Waals surface area contributed by atoms with E-state index in [1.807, 2.05) is 0 Å². The summed E-state index contributed by atoms with van der Waals surface area (Å²) < 4.78 is 5.99. The lowest BCUT2D eigenvalue weighted by Crippen LogP contribution is -2.61. The lowest BCUT2D eigenvalue weighted by molar-refractivity contribution is -0.128. The molecule has 108 valence electrons. The normalized spacial score (nSPS) is 33.0. The second-order valence-corrected chi connectivity index (χ2v) is 5.94. The molecule has 18 heavy (non-hydrogen) atoms. The van der Waals surface area contributed by atoms with Gasteiger partial charge >= 0.3 is 0 Å². The van der Waals surface area contributed by atoms with Crippen molar-refractivity contribution in [2.75, 3.05) is 26.2 Å². The molecule has 2 unspecified atom stereocenters. The molecule has 1 aliphatic rings. The maximum Gasteiger partial charge on any atom is 0.0670 e. The monoisotopic (exact) mass is 256 g/mol. The zero-order chi connectivity index (χ0) is 13.6. The van der Waals surface area contributed by atoms with Crippen LogP contribution in [0.2, 0.25) is 0 Å². The Labute approximate surface area is 113 Å². The second kappa shape index (κ2) is 6.88. The maximum absolute atomic E-state index is 6.17. The Hall–Kier alpha value is -0.120. The molecule has 0 aromatic carbocycles. The van der Waals surface area contributed by atoms with Crippen LogP contribution in [0.4, 0.5) is 0 Å². The van der Waals surface area contributed by atoms with Crippen LogP contribution in [0.3, 0.4) is 0 Å². The van der Waals surface area contributed by atoms with Gasteiger partial charge in [-0.1, -0.05) is 27.2 Å². The third kappa shape index (κ3) is 3.46. The molecule has 2 atom stereocenters. The first kappa shape index (κ1) is 15.9. The number of nitrogens with zero attached hydrogens (tertiary/aromatic N) is 1. The van der Waals surface area contributed by atoms with Crippen LogP contribution in [-0.4, -0.2) is 42.3 Å². The fourth-order valence-electron chi connectivity index (χ4n) is 3.20. The van der Waals surface area contributed by atoms with Gasteiger partial charge in [0.1, 0.15) is 0 Å². The Morgan fingerprint density at radius 1 is 1.28 bits per heavy atom. The second-order valence-electron chi connectivity index (χ2n) is 5.94. The molecular formula is C15H32N2O. The van der Waals surface area contributed by atoms with E-state index in [0.717, 1.165) is 39.0 Å². The molecule has 3 heteroatoms. The van der Waals surface area contributed by atoms with E-state index in [0.29, 0.717) is 0 Å². The molecule has 2 N–H and O–H groups in total. The maximum atomic E-state index is 6.17. The van der Waals surface area contributed by atoms with Crippen LogP contribution < -0.4 is 5.73 Å². The van der Waals surface area contributed by atoms with Crippen molar-refractivity contribution in [1.82, 2.24) is 4.90 Å². The van der Waals surface area contributed by atoms with Gasteiger partial charge in [0.15, 0.2) is 0 Å². The molecule has 0 bridgehead atoms. The molecule has 0 radical (unpaired) electrons. The summed E-state index contributed by atoms with van der Waals surface area (Å²) in [7, 11) is 0. The molecular weight excluding hydrogens is 224 g/mol. The Balaban J connectivity index is 2.81. The SMILES string of the molecule is CCCCN(CC)C1(CN)CCOC(C)(CC)C1. The first-order chi connectivity index (χ1) is 8.55. The molecule has 0 spiro atoms. The number of nitrogens with two attached hydrogens (primary N) is 1. The van der Waals surface area contributed by atoms with Crippen molar-refractivity contribution in [3.8, 4) is 0 Å². The van der Waals surface area contributed by atoms with E-state index in [-0.39, 0.29) is 11.1 Å². The van der Waals surface area contributed by atoms with Gasteiger partial charge in [0, 0.05) is 18.7 Å². The van der Waals surface area contributed by atoms with Crippen LogP contribution in [0, 0.1) is 0 Å². The number of likely N-dealkylation sites (N-methyl/N-ethyl adjacent to an activating group) is 1. The highest BCUT2D eigenvalue weighted by molar-refractivity contribution is 5.00. The molecule has 0 aromatic rings. The van der Waals surface area contributed by atoms with E-state index in [1.54, 1.807) is 0 Å². The standard InChI is InChI=1S/C15H32N2O/c1-5-8-10-17(7-3)15(13-16)9-11-18-14(4,6-2)12-15/h5-13,16H2,1-4H3. The summed E-state index contributed by atoms with van der Waals surface area (Å²) >= 11 is 0. The molecule has 1 saturated heterocycles. The van der Waals surface area contributed by atoms with E-state index in [9.17, 15) is 0 Å². The van der Waals surface area contributed by atoms with Crippen molar-refractivity contribution in [2.45, 2.75) is 70.9 Å². The highest BCUT2D eigenvalue weighted by Gasteiger charge is 2.44. The highest BCUT2D eigenvalue weighted by atomic mass is 16.5. The van der Waals surface area contributed by atoms with Crippen LogP contribution in [-0.2, 0) is 4.74 Å². The molecule has 0 aliphatic carbocycles. The molecule has 0 aromatic heterocycles. The predicted molar refractivity (Wildman–Crippen MR) is 77.8 cm³/mol. The smallest absolute Gasteiger partial charge is 0.0670 e. The highest BCUT2D eigenvalue weighted by Crippen LogP contribution is 2.37. The summed E-state index contributed by atoms with van der Waals surface area (Å²) in [6, 6.07) is 0. The van der Waals surface area contributed by atoms with E-state index in [1.165, 1.54) is 19.4 Å². The van der Waals surface area contributed by atoms with E-state index >= 15 is 0 Å². The van der Waals surface area contributed by atoms with Crippen molar-refractivity contribution < 1.29 is 4.74 Å². The van der Waals surface area contributed by atoms with Crippen LogP contribution in [0.1, 0.15) is 59.8 Å². The van der Waals surface area contributed by atoms with Crippen molar-refractivity contribution in [3.63, 3.8) is 0 Å². The van der Waals surface area contributed by atoms with Gasteiger partial charge in [-0.25, -0.2) is 0 Å². The minimum Gasteiger partial charge on any atom is -0.375 e. The average molecular weight is 256 g/mol. The van der Waals surface area contributed by atoms with Crippen molar-refractivity contribution >= 4 is 0 Å². The lowest BCUT2D eigenvalue weighted by Gasteiger charge is -2.51. The molecule has 3 nitrogen and oxygen atoms in total. The lowest BCUT2D eigenvalue weighted by atomic mass is 9.77. The number of unbranched alkanes of at least 4 members (excludes halogenated alkanes) is 1. The van der Waals surface area contributed by atoms with Gasteiger partial charge in [-0.15, -0.1) is 0 Å². The van der Waals surface area contributed by atoms with Gasteiger partial charge in [-0.05, 0) is 45.7 Å². The summed E-state index contributed by atoms with van der Waals surface area (Å²) in [6.07, 6.45) is 5.74. The van der Waals surface area contributed by atoms with Gasteiger partial charge in [-0.2, -0.15) is 0 Å². The minimum absolute atomic E-state index is 0.0112. The van der Waals surface area contributed by atoms with Gasteiger partial charge in [-0.3, -0.25) is 4.90 Å². The van der Waals surface area contributed by atoms with Crippen LogP contribution >= 0.6 is 0 Å². The van der Waals surface area contributed by atoms with Crippen LogP contribution in [0.25, 0.3) is 0 Å². The summed E-state index contributed by atoms with van der Waals surface area (Å²) in [6.45, 7) is 12.8. The quantitative estimate of drug-likeness (QED) is 0.761. The summed E-state index contributed by atoms with van der Waals surface area (Å²) in [5.74, 6) is 0. The van der Waals surface area contributed by atoms with Crippen LogP contribution in [0.15, 0.2) is 0 Å². The Morgan fingerprint density at radius 2 is 2.00 bits per heavy atom. The van der Waals surface area contributed by atoms with Gasteiger partial charge in [0.05, 0.1) is 5.60 Å². The number of rotatable bonds is 7. The topological polar surface area (TPSA) is 38.5 Å². The molecule has 1 fully saturated rings. The fraction of sp³-hybridized carbons (Fsp3) is 1.00. The predicted octanol–water partition coefficient (Wildman–Crippen LogP) is 2.79. The first-order valence-corrected chi connectivity index (χ1v) is 7.65. The largest absolute Gasteiger partial charge is 0.375 e. The zero-order valence-electron chi connectivity index (χ0n) is 12.8. The van der Waals surface area contributed by atoms with Crippen molar-refractivity contribution in [2.24, 2.45) is 5.73 Å². The Bertz CT molecular complexity index is 247. The van der Waals surface area contributed by atoms with Gasteiger partial charge in [0.25, 0.3) is 0 Å². The Morgan fingerprint density at radius 3 is 2.50 bits per heavy atom. The summed E-state index contributed by atoms with van der Waals surface area (Å²) in [5.41, 5.74) is 6.34. The Kier molecular flexibility index (Phi) is 6.09. The van der Waals surface area contributed by atoms with E-state index < -0.39 is 0 Å². The van der Waals surface area contributed by atoms with Gasteiger partial charge in [0.2, 0.25) is 0 Å². The van der Waals surface area contributed by atoms with Crippen molar-refractivity contribution in [3.05, 3.63) is 0 Å². The molecule has 1 rings (SSSR count). The van der Waals surface area contributed by atoms with E-state index in [2.05, 4.69) is 32.6 Å². The third-order valence-corrected chi connectivity index (χ3v) is 4.68. The van der Waals surface area contributed by atoms with Crippen LogP contribution in [0.5, 0.6) is 0 Å². The van der Waals surface area contributed by atoms with Gasteiger partial charge < -0.3 is 10.5 Å². The average Bonchev–Trinajstić information content (AvgIpc) is 2.39. The van der Waals surface area contributed by atoms with E-state index in [4.69, 9.17) is 10.5 Å².